The van der Waals surface area contributed by atoms with Crippen LogP contribution in [-0.4, -0.2) is 23.5 Å². The van der Waals surface area contributed by atoms with Crippen molar-refractivity contribution in [3.05, 3.63) is 34.4 Å². The summed E-state index contributed by atoms with van der Waals surface area (Å²) in [7, 11) is 0. The Morgan fingerprint density at radius 3 is 2.23 bits per heavy atom. The van der Waals surface area contributed by atoms with Crippen LogP contribution in [0.2, 0.25) is 0 Å². The fourth-order valence-electron chi connectivity index (χ4n) is 4.33. The van der Waals surface area contributed by atoms with Crippen LogP contribution in [0.1, 0.15) is 68.2 Å². The zero-order chi connectivity index (χ0) is 19.6. The number of hydrogen-bond acceptors (Lipinski definition) is 3. The summed E-state index contributed by atoms with van der Waals surface area (Å²) >= 11 is 0. The Morgan fingerprint density at radius 1 is 1.12 bits per heavy atom. The third-order valence-electron chi connectivity index (χ3n) is 5.19. The van der Waals surface area contributed by atoms with E-state index < -0.39 is 11.8 Å². The number of ketones is 2. The maximum atomic E-state index is 12.9. The molecule has 0 saturated heterocycles. The van der Waals surface area contributed by atoms with Gasteiger partial charge in [0, 0.05) is 18.9 Å². The van der Waals surface area contributed by atoms with Crippen LogP contribution >= 0.6 is 0 Å². The van der Waals surface area contributed by atoms with Crippen molar-refractivity contribution in [2.24, 2.45) is 11.8 Å². The molecule has 1 amide bonds. The summed E-state index contributed by atoms with van der Waals surface area (Å²) in [5, 5.41) is 2.92. The summed E-state index contributed by atoms with van der Waals surface area (Å²) in [5.74, 6) is -1.14. The van der Waals surface area contributed by atoms with Crippen molar-refractivity contribution in [1.29, 1.82) is 0 Å². The van der Waals surface area contributed by atoms with Gasteiger partial charge in [-0.25, -0.2) is 0 Å². The van der Waals surface area contributed by atoms with Crippen LogP contribution in [0.25, 0.3) is 0 Å². The summed E-state index contributed by atoms with van der Waals surface area (Å²) in [6, 6.07) is 4.15. The fourth-order valence-corrected chi connectivity index (χ4v) is 4.33. The van der Waals surface area contributed by atoms with Gasteiger partial charge in [0.25, 0.3) is 0 Å². The molecular weight excluding hydrogens is 326 g/mol. The largest absolute Gasteiger partial charge is 0.354 e. The summed E-state index contributed by atoms with van der Waals surface area (Å²) in [6.45, 7) is 12.2. The highest BCUT2D eigenvalue weighted by molar-refractivity contribution is 6.14. The van der Waals surface area contributed by atoms with Gasteiger partial charge < -0.3 is 5.32 Å². The maximum absolute atomic E-state index is 12.9. The zero-order valence-corrected chi connectivity index (χ0v) is 16.8. The Hall–Kier alpha value is -1.97. The van der Waals surface area contributed by atoms with Crippen molar-refractivity contribution in [2.75, 3.05) is 0 Å². The lowest BCUT2D eigenvalue weighted by molar-refractivity contribution is -0.133. The lowest BCUT2D eigenvalue weighted by Crippen LogP contribution is -2.36. The number of hydrogen-bond donors (Lipinski definition) is 1. The van der Waals surface area contributed by atoms with Gasteiger partial charge in [-0.15, -0.1) is 0 Å². The average molecular weight is 357 g/mol. The van der Waals surface area contributed by atoms with E-state index in [4.69, 9.17) is 0 Å². The van der Waals surface area contributed by atoms with Crippen LogP contribution in [0.3, 0.4) is 0 Å². The van der Waals surface area contributed by atoms with Gasteiger partial charge in [-0.1, -0.05) is 31.5 Å². The number of benzene rings is 1. The van der Waals surface area contributed by atoms with Gasteiger partial charge in [0.1, 0.15) is 5.78 Å². The van der Waals surface area contributed by atoms with Gasteiger partial charge in [-0.2, -0.15) is 0 Å². The number of amides is 1. The molecule has 1 aliphatic rings. The molecule has 1 N–H and O–H groups in total. The molecule has 2 rings (SSSR count). The molecule has 0 radical (unpaired) electrons. The van der Waals surface area contributed by atoms with Gasteiger partial charge in [0.05, 0.1) is 11.8 Å². The van der Waals surface area contributed by atoms with Gasteiger partial charge in [-0.05, 0) is 56.7 Å². The lowest BCUT2D eigenvalue weighted by atomic mass is 9.86. The minimum Gasteiger partial charge on any atom is -0.354 e. The van der Waals surface area contributed by atoms with Crippen molar-refractivity contribution < 1.29 is 14.4 Å². The second kappa shape index (κ2) is 8.15. The van der Waals surface area contributed by atoms with Crippen molar-refractivity contribution in [3.63, 3.8) is 0 Å². The van der Waals surface area contributed by atoms with Gasteiger partial charge in [-0.3, -0.25) is 14.4 Å². The number of carbonyl (C=O) groups is 3. The third kappa shape index (κ3) is 4.60. The second-order valence-corrected chi connectivity index (χ2v) is 8.29. The highest BCUT2D eigenvalue weighted by Crippen LogP contribution is 2.37. The van der Waals surface area contributed by atoms with Crippen LogP contribution in [-0.2, 0) is 14.4 Å². The average Bonchev–Trinajstić information content (AvgIpc) is 2.73. The van der Waals surface area contributed by atoms with Crippen LogP contribution < -0.4 is 5.32 Å². The first-order valence-electron chi connectivity index (χ1n) is 9.53. The van der Waals surface area contributed by atoms with E-state index >= 15 is 0 Å². The molecule has 1 aromatic rings. The lowest BCUT2D eigenvalue weighted by Gasteiger charge is -2.18. The SMILES string of the molecule is Cc1cc(C)c(C2CC(=O)C(CC(=O)NC(C)CC(C)C)C2=O)c(C)c1. The van der Waals surface area contributed by atoms with Gasteiger partial charge in [0.2, 0.25) is 5.91 Å². The molecule has 0 spiro atoms. The quantitative estimate of drug-likeness (QED) is 0.788. The molecule has 1 saturated carbocycles. The minimum atomic E-state index is -0.800. The van der Waals surface area contributed by atoms with Gasteiger partial charge in [0.15, 0.2) is 5.78 Å². The van der Waals surface area contributed by atoms with Crippen molar-refractivity contribution >= 4 is 17.5 Å². The molecule has 0 bridgehead atoms. The highest BCUT2D eigenvalue weighted by Gasteiger charge is 2.43. The zero-order valence-electron chi connectivity index (χ0n) is 16.8. The van der Waals surface area contributed by atoms with Gasteiger partial charge >= 0.3 is 0 Å². The molecule has 1 aromatic carbocycles. The smallest absolute Gasteiger partial charge is 0.221 e. The van der Waals surface area contributed by atoms with E-state index in [1.807, 2.05) is 39.8 Å². The van der Waals surface area contributed by atoms with E-state index in [1.54, 1.807) is 0 Å². The molecule has 0 heterocycles. The maximum Gasteiger partial charge on any atom is 0.221 e. The summed E-state index contributed by atoms with van der Waals surface area (Å²) < 4.78 is 0. The van der Waals surface area contributed by atoms with Crippen molar-refractivity contribution in [1.82, 2.24) is 5.32 Å². The molecule has 4 nitrogen and oxygen atoms in total. The van der Waals surface area contributed by atoms with E-state index in [0.29, 0.717) is 5.92 Å². The van der Waals surface area contributed by atoms with Crippen molar-refractivity contribution in [3.8, 4) is 0 Å². The molecular formula is C22H31NO3. The van der Waals surface area contributed by atoms with E-state index in [0.717, 1.165) is 28.7 Å². The highest BCUT2D eigenvalue weighted by atomic mass is 16.2. The topological polar surface area (TPSA) is 63.2 Å². The molecule has 0 aromatic heterocycles. The summed E-state index contributed by atoms with van der Waals surface area (Å²) in [6.07, 6.45) is 1.06. The van der Waals surface area contributed by atoms with E-state index in [2.05, 4.69) is 19.2 Å². The number of carbonyl (C=O) groups excluding carboxylic acids is 3. The summed E-state index contributed by atoms with van der Waals surface area (Å²) in [4.78, 5) is 37.6. The van der Waals surface area contributed by atoms with Crippen LogP contribution in [0.15, 0.2) is 12.1 Å². The Bertz CT molecular complexity index is 697. The first kappa shape index (κ1) is 20.3. The first-order valence-corrected chi connectivity index (χ1v) is 9.53. The molecule has 26 heavy (non-hydrogen) atoms. The van der Waals surface area contributed by atoms with E-state index in [9.17, 15) is 14.4 Å². The standard InChI is InChI=1S/C22H31NO3/c1-12(2)7-16(6)23-20(25)11-17-19(24)10-18(22(17)26)21-14(4)8-13(3)9-15(21)5/h8-9,12,16-18H,7,10-11H2,1-6H3,(H,23,25). The van der Waals surface area contributed by atoms with Crippen molar-refractivity contribution in [2.45, 2.75) is 72.8 Å². The normalized spacial score (nSPS) is 21.3. The molecule has 3 unspecified atom stereocenters. The number of rotatable bonds is 6. The monoisotopic (exact) mass is 357 g/mol. The van der Waals surface area contributed by atoms with E-state index in [1.165, 1.54) is 0 Å². The molecule has 0 aliphatic heterocycles. The first-order chi connectivity index (χ1) is 12.1. The fraction of sp³-hybridized carbons (Fsp3) is 0.591. The molecule has 1 fully saturated rings. The number of aryl methyl sites for hydroxylation is 3. The Balaban J connectivity index is 2.11. The Kier molecular flexibility index (Phi) is 6.38. The number of Topliss-reactive ketones (excluding diaryl/α,β-unsaturated/α-hetero) is 2. The second-order valence-electron chi connectivity index (χ2n) is 8.29. The van der Waals surface area contributed by atoms with Crippen LogP contribution in [0.5, 0.6) is 0 Å². The molecule has 3 atom stereocenters. The molecule has 4 heteroatoms. The Labute approximate surface area is 156 Å². The Morgan fingerprint density at radius 2 is 1.69 bits per heavy atom. The van der Waals surface area contributed by atoms with Crippen LogP contribution in [0, 0.1) is 32.6 Å². The number of nitrogens with one attached hydrogen (secondary N) is 1. The predicted octanol–water partition coefficient (Wildman–Crippen LogP) is 3.79. The summed E-state index contributed by atoms with van der Waals surface area (Å²) in [5.41, 5.74) is 4.20. The van der Waals surface area contributed by atoms with E-state index in [-0.39, 0.29) is 36.4 Å². The molecule has 1 aliphatic carbocycles. The predicted molar refractivity (Wildman–Crippen MR) is 103 cm³/mol. The van der Waals surface area contributed by atoms with Crippen LogP contribution in [0.4, 0.5) is 0 Å². The minimum absolute atomic E-state index is 0.0272. The molecule has 142 valence electrons. The third-order valence-corrected chi connectivity index (χ3v) is 5.19.